The van der Waals surface area contributed by atoms with Gasteiger partial charge in [-0.25, -0.2) is 0 Å². The van der Waals surface area contributed by atoms with Crippen LogP contribution in [0.5, 0.6) is 5.75 Å². The van der Waals surface area contributed by atoms with Gasteiger partial charge < -0.3 is 19.1 Å². The smallest absolute Gasteiger partial charge is 0.257 e. The van der Waals surface area contributed by atoms with Gasteiger partial charge in [-0.1, -0.05) is 0 Å². The number of nitrogens with one attached hydrogen (secondary N) is 1. The summed E-state index contributed by atoms with van der Waals surface area (Å²) in [7, 11) is 0. The van der Waals surface area contributed by atoms with E-state index in [4.69, 9.17) is 26.4 Å². The van der Waals surface area contributed by atoms with Gasteiger partial charge in [-0.15, -0.1) is 0 Å². The molecule has 0 spiro atoms. The van der Waals surface area contributed by atoms with Crippen molar-refractivity contribution in [2.45, 2.75) is 6.92 Å². The fourth-order valence-electron chi connectivity index (χ4n) is 2.08. The molecule has 126 valence electrons. The summed E-state index contributed by atoms with van der Waals surface area (Å²) in [5, 5.41) is 3.19. The molecule has 1 aliphatic heterocycles. The van der Waals surface area contributed by atoms with Crippen molar-refractivity contribution in [1.29, 1.82) is 0 Å². The van der Waals surface area contributed by atoms with E-state index in [1.807, 2.05) is 11.8 Å². The number of ether oxygens (including phenoxy) is 3. The summed E-state index contributed by atoms with van der Waals surface area (Å²) >= 11 is 5.26. The average Bonchev–Trinajstić information content (AvgIpc) is 2.60. The monoisotopic (exact) mass is 338 g/mol. The van der Waals surface area contributed by atoms with Gasteiger partial charge in [-0.05, 0) is 43.4 Å². The molecule has 1 aliphatic rings. The largest absolute Gasteiger partial charge is 0.491 e. The number of morpholine rings is 1. The van der Waals surface area contributed by atoms with Gasteiger partial charge in [0.05, 0.1) is 19.8 Å². The van der Waals surface area contributed by atoms with Crippen LogP contribution in [0.3, 0.4) is 0 Å². The second-order valence-corrected chi connectivity index (χ2v) is 5.32. The SMILES string of the molecule is CCOCCOc1ccc(C(=O)NC(=S)N2CCOCC2)cc1. The van der Waals surface area contributed by atoms with Crippen LogP contribution in [-0.4, -0.2) is 62.0 Å². The maximum Gasteiger partial charge on any atom is 0.257 e. The number of hydrogen-bond donors (Lipinski definition) is 1. The van der Waals surface area contributed by atoms with Gasteiger partial charge >= 0.3 is 0 Å². The van der Waals surface area contributed by atoms with Crippen LogP contribution >= 0.6 is 12.2 Å². The quantitative estimate of drug-likeness (QED) is 0.626. The molecule has 0 saturated carbocycles. The minimum absolute atomic E-state index is 0.220. The molecule has 6 nitrogen and oxygen atoms in total. The number of carbonyl (C=O) groups excluding carboxylic acids is 1. The van der Waals surface area contributed by atoms with Crippen LogP contribution in [0.1, 0.15) is 17.3 Å². The Balaban J connectivity index is 1.81. The molecule has 1 saturated heterocycles. The van der Waals surface area contributed by atoms with Gasteiger partial charge in [0, 0.05) is 25.3 Å². The highest BCUT2D eigenvalue weighted by Gasteiger charge is 2.16. The Morgan fingerprint density at radius 3 is 2.61 bits per heavy atom. The van der Waals surface area contributed by atoms with E-state index in [2.05, 4.69) is 5.32 Å². The van der Waals surface area contributed by atoms with Crippen molar-refractivity contribution in [2.24, 2.45) is 0 Å². The fraction of sp³-hybridized carbons (Fsp3) is 0.500. The lowest BCUT2D eigenvalue weighted by atomic mass is 10.2. The third-order valence-corrected chi connectivity index (χ3v) is 3.70. The third-order valence-electron chi connectivity index (χ3n) is 3.34. The van der Waals surface area contributed by atoms with E-state index < -0.39 is 0 Å². The molecule has 1 heterocycles. The minimum Gasteiger partial charge on any atom is -0.491 e. The van der Waals surface area contributed by atoms with E-state index in [9.17, 15) is 4.79 Å². The number of carbonyl (C=O) groups is 1. The Labute approximate surface area is 141 Å². The van der Waals surface area contributed by atoms with Crippen LogP contribution in [0, 0.1) is 0 Å². The highest BCUT2D eigenvalue weighted by Crippen LogP contribution is 2.12. The molecule has 1 N–H and O–H groups in total. The lowest BCUT2D eigenvalue weighted by molar-refractivity contribution is 0.0669. The maximum absolute atomic E-state index is 12.2. The molecule has 0 aliphatic carbocycles. The van der Waals surface area contributed by atoms with E-state index >= 15 is 0 Å². The Morgan fingerprint density at radius 1 is 1.26 bits per heavy atom. The van der Waals surface area contributed by atoms with Gasteiger partial charge in [-0.2, -0.15) is 0 Å². The van der Waals surface area contributed by atoms with Crippen molar-refractivity contribution in [2.75, 3.05) is 46.1 Å². The lowest BCUT2D eigenvalue weighted by Crippen LogP contribution is -2.47. The van der Waals surface area contributed by atoms with Gasteiger partial charge in [0.1, 0.15) is 12.4 Å². The first kappa shape index (κ1) is 17.7. The summed E-state index contributed by atoms with van der Waals surface area (Å²) < 4.78 is 16.0. The molecule has 2 rings (SSSR count). The highest BCUT2D eigenvalue weighted by atomic mass is 32.1. The van der Waals surface area contributed by atoms with Crippen molar-refractivity contribution in [3.05, 3.63) is 29.8 Å². The van der Waals surface area contributed by atoms with Crippen LogP contribution in [0.15, 0.2) is 24.3 Å². The molecule has 1 aromatic rings. The van der Waals surface area contributed by atoms with Crippen molar-refractivity contribution in [1.82, 2.24) is 10.2 Å². The predicted molar refractivity (Wildman–Crippen MR) is 90.9 cm³/mol. The van der Waals surface area contributed by atoms with Gasteiger partial charge in [0.2, 0.25) is 0 Å². The van der Waals surface area contributed by atoms with Crippen molar-refractivity contribution >= 4 is 23.2 Å². The molecule has 1 fully saturated rings. The number of nitrogens with zero attached hydrogens (tertiary/aromatic N) is 1. The van der Waals surface area contributed by atoms with E-state index in [0.717, 1.165) is 0 Å². The summed E-state index contributed by atoms with van der Waals surface area (Å²) in [4.78, 5) is 14.1. The second kappa shape index (κ2) is 9.44. The minimum atomic E-state index is -0.220. The van der Waals surface area contributed by atoms with Gasteiger partial charge in [0.25, 0.3) is 5.91 Å². The molecule has 0 unspecified atom stereocenters. The number of thiocarbonyl (C=S) groups is 1. The van der Waals surface area contributed by atoms with Crippen molar-refractivity contribution < 1.29 is 19.0 Å². The molecule has 1 amide bonds. The molecular weight excluding hydrogens is 316 g/mol. The lowest BCUT2D eigenvalue weighted by Gasteiger charge is -2.28. The number of benzene rings is 1. The van der Waals surface area contributed by atoms with Crippen LogP contribution < -0.4 is 10.1 Å². The first-order valence-electron chi connectivity index (χ1n) is 7.69. The summed E-state index contributed by atoms with van der Waals surface area (Å²) in [6.45, 7) is 6.30. The number of amides is 1. The second-order valence-electron chi connectivity index (χ2n) is 4.93. The molecule has 23 heavy (non-hydrogen) atoms. The van der Waals surface area contributed by atoms with Crippen molar-refractivity contribution in [3.8, 4) is 5.75 Å². The third kappa shape index (κ3) is 5.78. The first-order chi connectivity index (χ1) is 11.2. The van der Waals surface area contributed by atoms with E-state index in [0.29, 0.717) is 62.5 Å². The summed E-state index contributed by atoms with van der Waals surface area (Å²) in [5.74, 6) is 0.486. The molecule has 0 atom stereocenters. The van der Waals surface area contributed by atoms with Crippen LogP contribution in [0.4, 0.5) is 0 Å². The van der Waals surface area contributed by atoms with E-state index in [-0.39, 0.29) is 5.91 Å². The van der Waals surface area contributed by atoms with Crippen LogP contribution in [-0.2, 0) is 9.47 Å². The molecule has 1 aromatic carbocycles. The summed E-state index contributed by atoms with van der Waals surface area (Å²) in [5.41, 5.74) is 0.540. The summed E-state index contributed by atoms with van der Waals surface area (Å²) in [6.07, 6.45) is 0. The molecule has 0 radical (unpaired) electrons. The normalized spacial score (nSPS) is 14.4. The Kier molecular flexibility index (Phi) is 7.25. The molecular formula is C16H22N2O4S. The predicted octanol–water partition coefficient (Wildman–Crippen LogP) is 1.45. The van der Waals surface area contributed by atoms with Crippen LogP contribution in [0.25, 0.3) is 0 Å². The zero-order valence-electron chi connectivity index (χ0n) is 13.2. The van der Waals surface area contributed by atoms with Gasteiger partial charge in [-0.3, -0.25) is 10.1 Å². The zero-order chi connectivity index (χ0) is 16.5. The average molecular weight is 338 g/mol. The highest BCUT2D eigenvalue weighted by molar-refractivity contribution is 7.80. The maximum atomic E-state index is 12.2. The zero-order valence-corrected chi connectivity index (χ0v) is 14.1. The summed E-state index contributed by atoms with van der Waals surface area (Å²) in [6, 6.07) is 6.96. The van der Waals surface area contributed by atoms with Crippen molar-refractivity contribution in [3.63, 3.8) is 0 Å². The molecule has 0 aromatic heterocycles. The van der Waals surface area contributed by atoms with E-state index in [1.54, 1.807) is 24.3 Å². The van der Waals surface area contributed by atoms with E-state index in [1.165, 1.54) is 0 Å². The first-order valence-corrected chi connectivity index (χ1v) is 8.10. The Hall–Kier alpha value is -1.70. The number of hydrogen-bond acceptors (Lipinski definition) is 5. The standard InChI is InChI=1S/C16H22N2O4S/c1-2-20-11-12-22-14-5-3-13(4-6-14)15(19)17-16(23)18-7-9-21-10-8-18/h3-6H,2,7-12H2,1H3,(H,17,19,23). The number of rotatable bonds is 6. The molecule has 7 heteroatoms. The topological polar surface area (TPSA) is 60.0 Å². The van der Waals surface area contributed by atoms with Gasteiger partial charge in [0.15, 0.2) is 5.11 Å². The Bertz CT molecular complexity index is 515. The molecule has 0 bridgehead atoms. The van der Waals surface area contributed by atoms with Crippen LogP contribution in [0.2, 0.25) is 0 Å². The fourth-order valence-corrected chi connectivity index (χ4v) is 2.36. The Morgan fingerprint density at radius 2 is 1.96 bits per heavy atom.